The van der Waals surface area contributed by atoms with Gasteiger partial charge in [0.15, 0.2) is 23.0 Å². The van der Waals surface area contributed by atoms with Crippen LogP contribution in [0.3, 0.4) is 0 Å². The van der Waals surface area contributed by atoms with Crippen LogP contribution in [0, 0.1) is 11.6 Å². The quantitative estimate of drug-likeness (QED) is 0.317. The SMILES string of the molecule is CCc1cc(Nc2nccn3c(-c4ccc(OC)c(F)c4F)cnc23)ccc1C(=O)NC1CCC(N)CC1. The standard InChI is InChI=1S/C28H30F2N6O2/c1-3-16-14-19(8-9-20(16)28(37)35-18-6-4-17(31)5-7-18)34-26-27-33-15-22(36(27)13-12-32-26)21-10-11-23(38-2)25(30)24(21)29/h8-15,17-18H,3-7,31H2,1-2H3,(H,32,34)(H,35,37). The largest absolute Gasteiger partial charge is 0.494 e. The highest BCUT2D eigenvalue weighted by atomic mass is 19.2. The smallest absolute Gasteiger partial charge is 0.251 e. The van der Waals surface area contributed by atoms with Gasteiger partial charge in [0.2, 0.25) is 5.82 Å². The van der Waals surface area contributed by atoms with E-state index in [2.05, 4.69) is 20.6 Å². The number of carbonyl (C=O) groups is 1. The fourth-order valence-electron chi connectivity index (χ4n) is 4.94. The van der Waals surface area contributed by atoms with Crippen LogP contribution in [0.25, 0.3) is 16.9 Å². The summed E-state index contributed by atoms with van der Waals surface area (Å²) >= 11 is 0. The molecule has 0 unspecified atom stereocenters. The van der Waals surface area contributed by atoms with Crippen molar-refractivity contribution in [2.45, 2.75) is 51.1 Å². The van der Waals surface area contributed by atoms with Gasteiger partial charge in [-0.1, -0.05) is 6.92 Å². The van der Waals surface area contributed by atoms with Crippen molar-refractivity contribution in [3.05, 3.63) is 71.7 Å². The number of anilines is 2. The molecule has 1 aliphatic rings. The molecule has 0 saturated heterocycles. The van der Waals surface area contributed by atoms with E-state index in [0.29, 0.717) is 29.1 Å². The number of methoxy groups -OCH3 is 1. The average Bonchev–Trinajstić information content (AvgIpc) is 3.36. The first-order valence-corrected chi connectivity index (χ1v) is 12.7. The van der Waals surface area contributed by atoms with E-state index >= 15 is 0 Å². The number of hydrogen-bond donors (Lipinski definition) is 3. The molecule has 10 heteroatoms. The molecular formula is C28H30F2N6O2. The van der Waals surface area contributed by atoms with E-state index in [1.807, 2.05) is 19.1 Å². The van der Waals surface area contributed by atoms with Crippen molar-refractivity contribution >= 4 is 23.1 Å². The molecule has 4 aromatic rings. The predicted octanol–water partition coefficient (Wildman–Crippen LogP) is 4.99. The van der Waals surface area contributed by atoms with Crippen LogP contribution in [0.4, 0.5) is 20.3 Å². The number of halogens is 2. The lowest BCUT2D eigenvalue weighted by Crippen LogP contribution is -2.40. The van der Waals surface area contributed by atoms with Crippen LogP contribution in [-0.4, -0.2) is 39.5 Å². The molecule has 8 nitrogen and oxygen atoms in total. The Hall–Kier alpha value is -4.05. The highest BCUT2D eigenvalue weighted by molar-refractivity contribution is 5.96. The predicted molar refractivity (Wildman–Crippen MR) is 142 cm³/mol. The van der Waals surface area contributed by atoms with Gasteiger partial charge in [0.1, 0.15) is 0 Å². The zero-order chi connectivity index (χ0) is 26.8. The second kappa shape index (κ2) is 10.7. The van der Waals surface area contributed by atoms with Crippen LogP contribution < -0.4 is 21.1 Å². The lowest BCUT2D eigenvalue weighted by Gasteiger charge is -2.27. The van der Waals surface area contributed by atoms with Crippen LogP contribution in [0.15, 0.2) is 48.9 Å². The van der Waals surface area contributed by atoms with E-state index in [4.69, 9.17) is 10.5 Å². The number of imidazole rings is 1. The first-order valence-electron chi connectivity index (χ1n) is 12.7. The zero-order valence-corrected chi connectivity index (χ0v) is 21.3. The molecule has 0 atom stereocenters. The second-order valence-corrected chi connectivity index (χ2v) is 9.49. The van der Waals surface area contributed by atoms with Crippen molar-refractivity contribution < 1.29 is 18.3 Å². The molecule has 0 radical (unpaired) electrons. The molecule has 1 saturated carbocycles. The molecule has 2 aromatic heterocycles. The highest BCUT2D eigenvalue weighted by Crippen LogP contribution is 2.31. The molecule has 1 fully saturated rings. The molecule has 2 aromatic carbocycles. The molecule has 38 heavy (non-hydrogen) atoms. The number of hydrogen-bond acceptors (Lipinski definition) is 6. The third kappa shape index (κ3) is 4.91. The second-order valence-electron chi connectivity index (χ2n) is 9.49. The summed E-state index contributed by atoms with van der Waals surface area (Å²) in [5.74, 6) is -1.90. The Bertz CT molecular complexity index is 1480. The third-order valence-electron chi connectivity index (χ3n) is 7.07. The van der Waals surface area contributed by atoms with Gasteiger partial charge in [-0.15, -0.1) is 0 Å². The topological polar surface area (TPSA) is 107 Å². The summed E-state index contributed by atoms with van der Waals surface area (Å²) in [6.45, 7) is 2.00. The molecule has 5 rings (SSSR count). The molecular weight excluding hydrogens is 490 g/mol. The molecule has 0 aliphatic heterocycles. The van der Waals surface area contributed by atoms with E-state index < -0.39 is 11.6 Å². The summed E-state index contributed by atoms with van der Waals surface area (Å²) in [5, 5.41) is 6.41. The Morgan fingerprint density at radius 3 is 2.66 bits per heavy atom. The minimum Gasteiger partial charge on any atom is -0.494 e. The number of nitrogens with two attached hydrogens (primary N) is 1. The van der Waals surface area contributed by atoms with Gasteiger partial charge in [-0.2, -0.15) is 4.39 Å². The van der Waals surface area contributed by atoms with Crippen LogP contribution in [0.5, 0.6) is 5.75 Å². The van der Waals surface area contributed by atoms with Crippen molar-refractivity contribution in [2.24, 2.45) is 5.73 Å². The van der Waals surface area contributed by atoms with Crippen molar-refractivity contribution in [3.63, 3.8) is 0 Å². The van der Waals surface area contributed by atoms with Crippen LogP contribution in [-0.2, 0) is 6.42 Å². The van der Waals surface area contributed by atoms with Crippen molar-refractivity contribution in [1.29, 1.82) is 0 Å². The lowest BCUT2D eigenvalue weighted by atomic mass is 9.91. The van der Waals surface area contributed by atoms with E-state index in [1.54, 1.807) is 22.9 Å². The fraction of sp³-hybridized carbons (Fsp3) is 0.321. The van der Waals surface area contributed by atoms with Gasteiger partial charge < -0.3 is 21.1 Å². The lowest BCUT2D eigenvalue weighted by molar-refractivity contribution is 0.0925. The van der Waals surface area contributed by atoms with Gasteiger partial charge in [-0.25, -0.2) is 14.4 Å². The Labute approximate surface area is 219 Å². The summed E-state index contributed by atoms with van der Waals surface area (Å²) in [7, 11) is 1.28. The molecule has 2 heterocycles. The van der Waals surface area contributed by atoms with E-state index in [1.165, 1.54) is 25.4 Å². The van der Waals surface area contributed by atoms with Crippen molar-refractivity contribution in [1.82, 2.24) is 19.7 Å². The maximum atomic E-state index is 14.8. The zero-order valence-electron chi connectivity index (χ0n) is 21.3. The molecule has 1 amide bonds. The summed E-state index contributed by atoms with van der Waals surface area (Å²) in [5.41, 5.74) is 9.11. The summed E-state index contributed by atoms with van der Waals surface area (Å²) in [6.07, 6.45) is 8.94. The first kappa shape index (κ1) is 25.6. The maximum Gasteiger partial charge on any atom is 0.251 e. The normalized spacial score (nSPS) is 17.4. The fourth-order valence-corrected chi connectivity index (χ4v) is 4.94. The number of nitrogens with one attached hydrogen (secondary N) is 2. The van der Waals surface area contributed by atoms with Gasteiger partial charge >= 0.3 is 0 Å². The molecule has 198 valence electrons. The van der Waals surface area contributed by atoms with Gasteiger partial charge in [0.25, 0.3) is 5.91 Å². The van der Waals surface area contributed by atoms with E-state index in [-0.39, 0.29) is 29.3 Å². The van der Waals surface area contributed by atoms with E-state index in [0.717, 1.165) is 36.9 Å². The number of rotatable bonds is 7. The number of aryl methyl sites for hydroxylation is 1. The molecule has 0 bridgehead atoms. The number of fused-ring (bicyclic) bond motifs is 1. The van der Waals surface area contributed by atoms with Gasteiger partial charge in [-0.3, -0.25) is 9.20 Å². The van der Waals surface area contributed by atoms with Crippen LogP contribution >= 0.6 is 0 Å². The summed E-state index contributed by atoms with van der Waals surface area (Å²) < 4.78 is 35.6. The molecule has 0 spiro atoms. The maximum absolute atomic E-state index is 14.8. The van der Waals surface area contributed by atoms with Gasteiger partial charge in [0, 0.05) is 41.3 Å². The van der Waals surface area contributed by atoms with E-state index in [9.17, 15) is 13.6 Å². The molecule has 1 aliphatic carbocycles. The molecule has 4 N–H and O–H groups in total. The minimum absolute atomic E-state index is 0.0523. The summed E-state index contributed by atoms with van der Waals surface area (Å²) in [4.78, 5) is 21.8. The van der Waals surface area contributed by atoms with Crippen molar-refractivity contribution in [2.75, 3.05) is 12.4 Å². The van der Waals surface area contributed by atoms with Crippen molar-refractivity contribution in [3.8, 4) is 17.0 Å². The number of carbonyl (C=O) groups excluding carboxylic acids is 1. The Morgan fingerprint density at radius 2 is 1.92 bits per heavy atom. The third-order valence-corrected chi connectivity index (χ3v) is 7.07. The van der Waals surface area contributed by atoms with Crippen LogP contribution in [0.2, 0.25) is 0 Å². The van der Waals surface area contributed by atoms with Gasteiger partial charge in [0.05, 0.1) is 19.0 Å². The first-order chi connectivity index (χ1) is 18.4. The number of nitrogens with zero attached hydrogens (tertiary/aromatic N) is 3. The highest BCUT2D eigenvalue weighted by Gasteiger charge is 2.22. The van der Waals surface area contributed by atoms with Gasteiger partial charge in [-0.05, 0) is 68.0 Å². The minimum atomic E-state index is -1.06. The summed E-state index contributed by atoms with van der Waals surface area (Å²) in [6, 6.07) is 8.73. The Morgan fingerprint density at radius 1 is 1.13 bits per heavy atom. The number of benzene rings is 2. The number of aromatic nitrogens is 3. The number of ether oxygens (including phenoxy) is 1. The number of amides is 1. The Kier molecular flexibility index (Phi) is 7.24. The monoisotopic (exact) mass is 520 g/mol. The van der Waals surface area contributed by atoms with Crippen LogP contribution in [0.1, 0.15) is 48.5 Å². The average molecular weight is 521 g/mol. The Balaban J connectivity index is 1.40.